The Morgan fingerprint density at radius 3 is 2.43 bits per heavy atom. The van der Waals surface area contributed by atoms with Crippen LogP contribution in [0.5, 0.6) is 0 Å². The summed E-state index contributed by atoms with van der Waals surface area (Å²) in [5.41, 5.74) is 0. The van der Waals surface area contributed by atoms with Crippen LogP contribution in [0, 0.1) is 11.8 Å². The van der Waals surface area contributed by atoms with E-state index in [1.807, 2.05) is 11.8 Å². The molecular formula is C10H14O3S. The maximum atomic E-state index is 11.1. The molecule has 2 aliphatic rings. The van der Waals surface area contributed by atoms with Gasteiger partial charge in [-0.05, 0) is 36.2 Å². The monoisotopic (exact) mass is 214 g/mol. The smallest absolute Gasteiger partial charge is 0.313 e. The number of hydrogen-bond donors (Lipinski definition) is 0. The molecule has 78 valence electrons. The first kappa shape index (κ1) is 10.0. The Bertz CT molecular complexity index is 230. The SMILES string of the molecule is O=C1CC(C2CCCSC2)CC(=O)O1. The molecule has 0 N–H and O–H groups in total. The molecule has 1 atom stereocenters. The second kappa shape index (κ2) is 4.34. The van der Waals surface area contributed by atoms with Crippen LogP contribution in [-0.4, -0.2) is 23.4 Å². The quantitative estimate of drug-likeness (QED) is 0.491. The molecule has 0 aromatic rings. The fraction of sp³-hybridized carbons (Fsp3) is 0.800. The van der Waals surface area contributed by atoms with E-state index in [4.69, 9.17) is 0 Å². The molecule has 1 unspecified atom stereocenters. The van der Waals surface area contributed by atoms with Gasteiger partial charge in [0.2, 0.25) is 0 Å². The van der Waals surface area contributed by atoms with Crippen LogP contribution in [0.4, 0.5) is 0 Å². The second-order valence-corrected chi connectivity index (χ2v) is 5.14. The van der Waals surface area contributed by atoms with Gasteiger partial charge < -0.3 is 4.74 Å². The number of carbonyl (C=O) groups is 2. The normalized spacial score (nSPS) is 30.1. The highest BCUT2D eigenvalue weighted by Crippen LogP contribution is 2.34. The first-order valence-electron chi connectivity index (χ1n) is 5.07. The summed E-state index contributed by atoms with van der Waals surface area (Å²) in [6.45, 7) is 0. The zero-order chi connectivity index (χ0) is 9.97. The third kappa shape index (κ3) is 2.29. The van der Waals surface area contributed by atoms with Gasteiger partial charge in [-0.1, -0.05) is 0 Å². The Morgan fingerprint density at radius 1 is 1.14 bits per heavy atom. The summed E-state index contributed by atoms with van der Waals surface area (Å²) < 4.78 is 4.52. The molecule has 0 saturated carbocycles. The van der Waals surface area contributed by atoms with Gasteiger partial charge in [0.15, 0.2) is 0 Å². The summed E-state index contributed by atoms with van der Waals surface area (Å²) in [6, 6.07) is 0. The zero-order valence-corrected chi connectivity index (χ0v) is 8.85. The van der Waals surface area contributed by atoms with Crippen LogP contribution >= 0.6 is 11.8 Å². The second-order valence-electron chi connectivity index (χ2n) is 3.99. The van der Waals surface area contributed by atoms with Crippen molar-refractivity contribution < 1.29 is 14.3 Å². The van der Waals surface area contributed by atoms with Crippen molar-refractivity contribution in [3.63, 3.8) is 0 Å². The molecular weight excluding hydrogens is 200 g/mol. The van der Waals surface area contributed by atoms with Gasteiger partial charge in [-0.15, -0.1) is 0 Å². The first-order chi connectivity index (χ1) is 6.75. The molecule has 4 heteroatoms. The van der Waals surface area contributed by atoms with Gasteiger partial charge in [0.25, 0.3) is 0 Å². The minimum absolute atomic E-state index is 0.247. The van der Waals surface area contributed by atoms with E-state index in [1.165, 1.54) is 12.2 Å². The Hall–Kier alpha value is -0.510. The summed E-state index contributed by atoms with van der Waals surface area (Å²) in [5.74, 6) is 2.46. The van der Waals surface area contributed by atoms with E-state index < -0.39 is 0 Å². The molecule has 2 aliphatic heterocycles. The molecule has 0 aromatic carbocycles. The van der Waals surface area contributed by atoms with E-state index in [-0.39, 0.29) is 17.9 Å². The summed E-state index contributed by atoms with van der Waals surface area (Å²) in [7, 11) is 0. The van der Waals surface area contributed by atoms with Gasteiger partial charge in [0.05, 0.1) is 0 Å². The van der Waals surface area contributed by atoms with Crippen molar-refractivity contribution >= 4 is 23.7 Å². The van der Waals surface area contributed by atoms with E-state index in [1.54, 1.807) is 0 Å². The Balaban J connectivity index is 1.95. The highest BCUT2D eigenvalue weighted by atomic mass is 32.2. The zero-order valence-electron chi connectivity index (χ0n) is 8.03. The van der Waals surface area contributed by atoms with Gasteiger partial charge in [-0.25, -0.2) is 0 Å². The number of thioether (sulfide) groups is 1. The largest absolute Gasteiger partial charge is 0.393 e. The molecule has 0 aromatic heterocycles. The van der Waals surface area contributed by atoms with Crippen LogP contribution in [0.2, 0.25) is 0 Å². The minimum atomic E-state index is -0.332. The van der Waals surface area contributed by atoms with Crippen LogP contribution in [0.1, 0.15) is 25.7 Å². The number of ether oxygens (including phenoxy) is 1. The minimum Gasteiger partial charge on any atom is -0.393 e. The maximum absolute atomic E-state index is 11.1. The number of carbonyl (C=O) groups excluding carboxylic acids is 2. The van der Waals surface area contributed by atoms with Crippen LogP contribution in [0.3, 0.4) is 0 Å². The van der Waals surface area contributed by atoms with Crippen molar-refractivity contribution in [3.8, 4) is 0 Å². The summed E-state index contributed by atoms with van der Waals surface area (Å²) in [5, 5.41) is 0. The highest BCUT2D eigenvalue weighted by molar-refractivity contribution is 7.99. The van der Waals surface area contributed by atoms with Crippen molar-refractivity contribution in [2.75, 3.05) is 11.5 Å². The molecule has 2 fully saturated rings. The van der Waals surface area contributed by atoms with Crippen molar-refractivity contribution in [1.29, 1.82) is 0 Å². The predicted molar refractivity (Wildman–Crippen MR) is 53.9 cm³/mol. The van der Waals surface area contributed by atoms with Gasteiger partial charge in [-0.3, -0.25) is 9.59 Å². The van der Waals surface area contributed by atoms with Crippen molar-refractivity contribution in [2.24, 2.45) is 11.8 Å². The molecule has 0 radical (unpaired) electrons. The van der Waals surface area contributed by atoms with E-state index >= 15 is 0 Å². The standard InChI is InChI=1S/C10H14O3S/c11-9-4-8(5-10(12)13-9)7-2-1-3-14-6-7/h7-8H,1-6H2. The topological polar surface area (TPSA) is 43.4 Å². The molecule has 3 nitrogen and oxygen atoms in total. The van der Waals surface area contributed by atoms with Gasteiger partial charge in [0.1, 0.15) is 0 Å². The molecule has 0 aliphatic carbocycles. The molecule has 14 heavy (non-hydrogen) atoms. The van der Waals surface area contributed by atoms with Gasteiger partial charge >= 0.3 is 11.9 Å². The third-order valence-electron chi connectivity index (χ3n) is 2.95. The number of rotatable bonds is 1. The molecule has 2 heterocycles. The fourth-order valence-electron chi connectivity index (χ4n) is 2.18. The van der Waals surface area contributed by atoms with Gasteiger partial charge in [0, 0.05) is 12.8 Å². The average molecular weight is 214 g/mol. The third-order valence-corrected chi connectivity index (χ3v) is 4.19. The summed E-state index contributed by atoms with van der Waals surface area (Å²) in [6.07, 6.45) is 3.27. The number of esters is 2. The molecule has 0 spiro atoms. The van der Waals surface area contributed by atoms with Gasteiger partial charge in [-0.2, -0.15) is 11.8 Å². The van der Waals surface area contributed by atoms with Crippen LogP contribution in [0.25, 0.3) is 0 Å². The molecule has 0 bridgehead atoms. The lowest BCUT2D eigenvalue weighted by atomic mass is 9.84. The van der Waals surface area contributed by atoms with E-state index in [0.29, 0.717) is 18.8 Å². The van der Waals surface area contributed by atoms with Crippen LogP contribution in [-0.2, 0) is 14.3 Å². The predicted octanol–water partition coefficient (Wildman–Crippen LogP) is 1.61. The van der Waals surface area contributed by atoms with E-state index in [0.717, 1.165) is 12.2 Å². The van der Waals surface area contributed by atoms with E-state index in [9.17, 15) is 9.59 Å². The lowest BCUT2D eigenvalue weighted by Crippen LogP contribution is -2.32. The van der Waals surface area contributed by atoms with Crippen molar-refractivity contribution in [1.82, 2.24) is 0 Å². The van der Waals surface area contributed by atoms with Crippen LogP contribution in [0.15, 0.2) is 0 Å². The van der Waals surface area contributed by atoms with Crippen LogP contribution < -0.4 is 0 Å². The molecule has 2 rings (SSSR count). The number of cyclic esters (lactones) is 2. The lowest BCUT2D eigenvalue weighted by molar-refractivity contribution is -0.166. The average Bonchev–Trinajstić information content (AvgIpc) is 2.18. The van der Waals surface area contributed by atoms with Crippen molar-refractivity contribution in [3.05, 3.63) is 0 Å². The Labute approximate surface area is 87.6 Å². The maximum Gasteiger partial charge on any atom is 0.313 e. The lowest BCUT2D eigenvalue weighted by Gasteiger charge is -2.30. The Morgan fingerprint density at radius 2 is 1.86 bits per heavy atom. The fourth-order valence-corrected chi connectivity index (χ4v) is 3.46. The Kier molecular flexibility index (Phi) is 3.11. The molecule has 2 saturated heterocycles. The first-order valence-corrected chi connectivity index (χ1v) is 6.22. The number of hydrogen-bond acceptors (Lipinski definition) is 4. The molecule has 0 amide bonds. The highest BCUT2D eigenvalue weighted by Gasteiger charge is 2.33. The summed E-state index contributed by atoms with van der Waals surface area (Å²) in [4.78, 5) is 22.2. The van der Waals surface area contributed by atoms with Crippen molar-refractivity contribution in [2.45, 2.75) is 25.7 Å². The summed E-state index contributed by atoms with van der Waals surface area (Å²) >= 11 is 1.94. The van der Waals surface area contributed by atoms with E-state index in [2.05, 4.69) is 4.74 Å².